The zero-order valence-electron chi connectivity index (χ0n) is 14.4. The molecule has 1 amide bonds. The summed E-state index contributed by atoms with van der Waals surface area (Å²) in [5, 5.41) is 2.61. The van der Waals surface area contributed by atoms with Gasteiger partial charge in [0, 0.05) is 25.1 Å². The van der Waals surface area contributed by atoms with Gasteiger partial charge in [0.2, 0.25) is 5.88 Å². The molecular weight excluding hydrogens is 365 g/mol. The highest BCUT2D eigenvalue weighted by atomic mass is 19.4. The summed E-state index contributed by atoms with van der Waals surface area (Å²) in [6.07, 6.45) is -4.02. The molecule has 0 saturated heterocycles. The summed E-state index contributed by atoms with van der Waals surface area (Å²) in [6, 6.07) is 10.8. The Morgan fingerprint density at radius 3 is 2.59 bits per heavy atom. The van der Waals surface area contributed by atoms with Gasteiger partial charge in [0.15, 0.2) is 6.61 Å². The average molecular weight is 382 g/mol. The third-order valence-corrected chi connectivity index (χ3v) is 3.22. The molecule has 1 heterocycles. The standard InChI is InChI=1S/C18H17F3N2O4/c1-12(24)26-9-8-13-4-2-5-14(10-13)22-17(25)15-6-3-7-16(23-15)27-11-18(19,20)21/h2-7,10H,8-9,11H2,1H3,(H,22,25). The summed E-state index contributed by atoms with van der Waals surface area (Å²) in [5.41, 5.74) is 1.23. The number of ether oxygens (including phenoxy) is 2. The first kappa shape index (κ1) is 20.2. The number of nitrogens with zero attached hydrogens (tertiary/aromatic N) is 1. The molecule has 27 heavy (non-hydrogen) atoms. The second-order valence-corrected chi connectivity index (χ2v) is 5.51. The number of amides is 1. The van der Waals surface area contributed by atoms with Gasteiger partial charge in [-0.05, 0) is 23.8 Å². The second-order valence-electron chi connectivity index (χ2n) is 5.51. The highest BCUT2D eigenvalue weighted by Gasteiger charge is 2.28. The Labute approximate surface area is 153 Å². The van der Waals surface area contributed by atoms with Crippen LogP contribution in [0.3, 0.4) is 0 Å². The molecule has 0 fully saturated rings. The largest absolute Gasteiger partial charge is 0.468 e. The molecule has 0 aliphatic rings. The van der Waals surface area contributed by atoms with Gasteiger partial charge in [-0.25, -0.2) is 4.98 Å². The highest BCUT2D eigenvalue weighted by Crippen LogP contribution is 2.18. The maximum atomic E-state index is 12.3. The van der Waals surface area contributed by atoms with Crippen LogP contribution in [0.4, 0.5) is 18.9 Å². The fourth-order valence-corrected chi connectivity index (χ4v) is 2.09. The van der Waals surface area contributed by atoms with E-state index in [9.17, 15) is 22.8 Å². The van der Waals surface area contributed by atoms with Crippen molar-refractivity contribution in [3.05, 3.63) is 53.7 Å². The van der Waals surface area contributed by atoms with Gasteiger partial charge in [-0.1, -0.05) is 18.2 Å². The Kier molecular flexibility index (Phi) is 6.75. The van der Waals surface area contributed by atoms with Crippen LogP contribution in [0.1, 0.15) is 23.0 Å². The van der Waals surface area contributed by atoms with Crippen LogP contribution in [-0.2, 0) is 16.0 Å². The number of aromatic nitrogens is 1. The van der Waals surface area contributed by atoms with Crippen molar-refractivity contribution < 1.29 is 32.2 Å². The lowest BCUT2D eigenvalue weighted by Crippen LogP contribution is -2.20. The fraction of sp³-hybridized carbons (Fsp3) is 0.278. The Bertz CT molecular complexity index is 809. The minimum Gasteiger partial charge on any atom is -0.468 e. The first-order valence-corrected chi connectivity index (χ1v) is 7.93. The Balaban J connectivity index is 1.99. The Morgan fingerprint density at radius 2 is 1.89 bits per heavy atom. The van der Waals surface area contributed by atoms with Gasteiger partial charge in [0.1, 0.15) is 5.69 Å². The number of carbonyl (C=O) groups excluding carboxylic acids is 2. The van der Waals surface area contributed by atoms with Gasteiger partial charge in [-0.15, -0.1) is 0 Å². The number of nitrogens with one attached hydrogen (secondary N) is 1. The molecule has 9 heteroatoms. The predicted octanol–water partition coefficient (Wildman–Crippen LogP) is 3.38. The summed E-state index contributed by atoms with van der Waals surface area (Å²) in [7, 11) is 0. The van der Waals surface area contributed by atoms with Crippen LogP contribution in [0.2, 0.25) is 0 Å². The molecule has 0 aliphatic carbocycles. The van der Waals surface area contributed by atoms with Crippen molar-refractivity contribution in [2.75, 3.05) is 18.5 Å². The van der Waals surface area contributed by atoms with Crippen molar-refractivity contribution in [2.45, 2.75) is 19.5 Å². The topological polar surface area (TPSA) is 77.5 Å². The van der Waals surface area contributed by atoms with Crippen molar-refractivity contribution >= 4 is 17.6 Å². The van der Waals surface area contributed by atoms with Crippen LogP contribution in [0.15, 0.2) is 42.5 Å². The van der Waals surface area contributed by atoms with E-state index in [1.54, 1.807) is 18.2 Å². The lowest BCUT2D eigenvalue weighted by molar-refractivity contribution is -0.154. The molecule has 0 atom stereocenters. The number of hydrogen-bond donors (Lipinski definition) is 1. The summed E-state index contributed by atoms with van der Waals surface area (Å²) in [5.74, 6) is -1.27. The van der Waals surface area contributed by atoms with Crippen LogP contribution in [0.25, 0.3) is 0 Å². The van der Waals surface area contributed by atoms with E-state index >= 15 is 0 Å². The molecule has 0 bridgehead atoms. The first-order chi connectivity index (χ1) is 12.7. The zero-order valence-corrected chi connectivity index (χ0v) is 14.4. The SMILES string of the molecule is CC(=O)OCCc1cccc(NC(=O)c2cccc(OCC(F)(F)F)n2)c1. The molecular formula is C18H17F3N2O4. The predicted molar refractivity (Wildman–Crippen MR) is 90.5 cm³/mol. The summed E-state index contributed by atoms with van der Waals surface area (Å²) in [4.78, 5) is 26.8. The van der Waals surface area contributed by atoms with E-state index in [4.69, 9.17) is 4.74 Å². The van der Waals surface area contributed by atoms with Crippen molar-refractivity contribution in [1.82, 2.24) is 4.98 Å². The van der Waals surface area contributed by atoms with E-state index in [1.807, 2.05) is 6.07 Å². The van der Waals surface area contributed by atoms with E-state index < -0.39 is 18.7 Å². The van der Waals surface area contributed by atoms with Crippen LogP contribution < -0.4 is 10.1 Å². The van der Waals surface area contributed by atoms with Crippen LogP contribution in [0.5, 0.6) is 5.88 Å². The van der Waals surface area contributed by atoms with Gasteiger partial charge >= 0.3 is 12.1 Å². The van der Waals surface area contributed by atoms with Gasteiger partial charge < -0.3 is 14.8 Å². The number of alkyl halides is 3. The van der Waals surface area contributed by atoms with E-state index in [0.717, 1.165) is 5.56 Å². The lowest BCUT2D eigenvalue weighted by Gasteiger charge is -2.10. The van der Waals surface area contributed by atoms with Crippen LogP contribution >= 0.6 is 0 Å². The van der Waals surface area contributed by atoms with Gasteiger partial charge in [-0.2, -0.15) is 13.2 Å². The molecule has 0 aliphatic heterocycles. The number of anilines is 1. The molecule has 1 aromatic carbocycles. The van der Waals surface area contributed by atoms with E-state index in [1.165, 1.54) is 25.1 Å². The van der Waals surface area contributed by atoms with Crippen molar-refractivity contribution in [1.29, 1.82) is 0 Å². The second kappa shape index (κ2) is 9.02. The molecule has 0 spiro atoms. The van der Waals surface area contributed by atoms with Gasteiger partial charge in [0.05, 0.1) is 6.61 Å². The molecule has 2 rings (SSSR count). The average Bonchev–Trinajstić information content (AvgIpc) is 2.60. The third-order valence-electron chi connectivity index (χ3n) is 3.22. The number of esters is 1. The van der Waals surface area contributed by atoms with Gasteiger partial charge in [-0.3, -0.25) is 9.59 Å². The zero-order chi connectivity index (χ0) is 19.9. The summed E-state index contributed by atoms with van der Waals surface area (Å²) < 4.78 is 46.0. The third kappa shape index (κ3) is 7.35. The first-order valence-electron chi connectivity index (χ1n) is 7.93. The molecule has 1 aromatic heterocycles. The molecule has 0 unspecified atom stereocenters. The normalized spacial score (nSPS) is 11.0. The molecule has 2 aromatic rings. The number of halogens is 3. The quantitative estimate of drug-likeness (QED) is 0.743. The maximum Gasteiger partial charge on any atom is 0.422 e. The van der Waals surface area contributed by atoms with Gasteiger partial charge in [0.25, 0.3) is 5.91 Å². The number of carbonyl (C=O) groups is 2. The fourth-order valence-electron chi connectivity index (χ4n) is 2.09. The Hall–Kier alpha value is -3.10. The summed E-state index contributed by atoms with van der Waals surface area (Å²) in [6.45, 7) is 0.0402. The van der Waals surface area contributed by atoms with Crippen molar-refractivity contribution in [2.24, 2.45) is 0 Å². The minimum absolute atomic E-state index is 0.0833. The lowest BCUT2D eigenvalue weighted by atomic mass is 10.1. The maximum absolute atomic E-state index is 12.3. The minimum atomic E-state index is -4.49. The molecule has 1 N–H and O–H groups in total. The summed E-state index contributed by atoms with van der Waals surface area (Å²) >= 11 is 0. The van der Waals surface area contributed by atoms with Crippen LogP contribution in [0, 0.1) is 0 Å². The highest BCUT2D eigenvalue weighted by molar-refractivity contribution is 6.02. The molecule has 0 saturated carbocycles. The number of hydrogen-bond acceptors (Lipinski definition) is 5. The van der Waals surface area contributed by atoms with E-state index in [-0.39, 0.29) is 24.2 Å². The van der Waals surface area contributed by atoms with Crippen LogP contribution in [-0.4, -0.2) is 36.3 Å². The number of benzene rings is 1. The van der Waals surface area contributed by atoms with E-state index in [2.05, 4.69) is 15.0 Å². The van der Waals surface area contributed by atoms with Crippen molar-refractivity contribution in [3.63, 3.8) is 0 Å². The molecule has 6 nitrogen and oxygen atoms in total. The smallest absolute Gasteiger partial charge is 0.422 e. The molecule has 0 radical (unpaired) electrons. The number of pyridine rings is 1. The monoisotopic (exact) mass is 382 g/mol. The Morgan fingerprint density at radius 1 is 1.15 bits per heavy atom. The number of rotatable bonds is 7. The van der Waals surface area contributed by atoms with E-state index in [0.29, 0.717) is 12.1 Å². The molecule has 144 valence electrons. The van der Waals surface area contributed by atoms with Crippen molar-refractivity contribution in [3.8, 4) is 5.88 Å².